The van der Waals surface area contributed by atoms with Crippen LogP contribution in [0, 0.1) is 12.7 Å². The number of para-hydroxylation sites is 1. The number of piperazine rings is 1. The smallest absolute Gasteiger partial charge is 0.123 e. The lowest BCUT2D eigenvalue weighted by Gasteiger charge is -2.39. The van der Waals surface area contributed by atoms with Crippen molar-refractivity contribution in [3.63, 3.8) is 0 Å². The first-order chi connectivity index (χ1) is 10.6. The lowest BCUT2D eigenvalue weighted by Crippen LogP contribution is -2.47. The van der Waals surface area contributed by atoms with Gasteiger partial charge in [-0.1, -0.05) is 30.3 Å². The maximum Gasteiger partial charge on any atom is 0.123 e. The van der Waals surface area contributed by atoms with E-state index < -0.39 is 0 Å². The second-order valence-electron chi connectivity index (χ2n) is 6.04. The third kappa shape index (κ3) is 3.14. The summed E-state index contributed by atoms with van der Waals surface area (Å²) in [5, 5.41) is 0. The van der Waals surface area contributed by atoms with Gasteiger partial charge in [-0.05, 0) is 43.2 Å². The molecule has 1 heterocycles. The number of anilines is 1. The van der Waals surface area contributed by atoms with Crippen LogP contribution in [0.1, 0.15) is 24.1 Å². The van der Waals surface area contributed by atoms with Gasteiger partial charge in [0.1, 0.15) is 5.82 Å². The Morgan fingerprint density at radius 3 is 2.18 bits per heavy atom. The van der Waals surface area contributed by atoms with Crippen LogP contribution in [0.25, 0.3) is 0 Å². The van der Waals surface area contributed by atoms with Crippen LogP contribution in [0.4, 0.5) is 10.1 Å². The van der Waals surface area contributed by atoms with E-state index in [9.17, 15) is 4.39 Å². The molecule has 2 aromatic carbocycles. The summed E-state index contributed by atoms with van der Waals surface area (Å²) < 4.78 is 13.0. The summed E-state index contributed by atoms with van der Waals surface area (Å²) in [6.45, 7) is 8.52. The normalized spacial score (nSPS) is 17.5. The Morgan fingerprint density at radius 2 is 1.55 bits per heavy atom. The first-order valence-electron chi connectivity index (χ1n) is 7.95. The van der Waals surface area contributed by atoms with Crippen LogP contribution in [0.5, 0.6) is 0 Å². The molecule has 1 fully saturated rings. The van der Waals surface area contributed by atoms with Crippen LogP contribution in [0.2, 0.25) is 0 Å². The minimum Gasteiger partial charge on any atom is -0.369 e. The highest BCUT2D eigenvalue weighted by Crippen LogP contribution is 2.25. The van der Waals surface area contributed by atoms with Gasteiger partial charge >= 0.3 is 0 Å². The molecule has 0 radical (unpaired) electrons. The predicted octanol–water partition coefficient (Wildman–Crippen LogP) is 4.02. The largest absolute Gasteiger partial charge is 0.369 e. The van der Waals surface area contributed by atoms with E-state index in [0.29, 0.717) is 6.04 Å². The molecular weight excluding hydrogens is 275 g/mol. The topological polar surface area (TPSA) is 6.48 Å². The summed E-state index contributed by atoms with van der Waals surface area (Å²) in [4.78, 5) is 4.94. The van der Waals surface area contributed by atoms with Gasteiger partial charge in [0.05, 0.1) is 0 Å². The molecular formula is C19H23FN2. The zero-order valence-electron chi connectivity index (χ0n) is 13.3. The molecule has 1 unspecified atom stereocenters. The van der Waals surface area contributed by atoms with Crippen LogP contribution in [0.3, 0.4) is 0 Å². The van der Waals surface area contributed by atoms with E-state index in [1.165, 1.54) is 16.8 Å². The van der Waals surface area contributed by atoms with Crippen LogP contribution >= 0.6 is 0 Å². The van der Waals surface area contributed by atoms with Crippen LogP contribution in [0.15, 0.2) is 48.5 Å². The standard InChI is InChI=1S/C19H23FN2/c1-15-5-3-4-6-19(15)22-13-11-21(12-14-22)16(2)17-7-9-18(20)10-8-17/h3-10,16H,11-14H2,1-2H3. The summed E-state index contributed by atoms with van der Waals surface area (Å²) in [7, 11) is 0. The molecule has 1 atom stereocenters. The molecule has 0 N–H and O–H groups in total. The van der Waals surface area contributed by atoms with E-state index >= 15 is 0 Å². The van der Waals surface area contributed by atoms with Crippen molar-refractivity contribution in [3.8, 4) is 0 Å². The average molecular weight is 298 g/mol. The molecule has 0 saturated carbocycles. The van der Waals surface area contributed by atoms with Crippen LogP contribution < -0.4 is 4.90 Å². The second kappa shape index (κ2) is 6.49. The second-order valence-corrected chi connectivity index (χ2v) is 6.04. The summed E-state index contributed by atoms with van der Waals surface area (Å²) in [6.07, 6.45) is 0. The fourth-order valence-corrected chi connectivity index (χ4v) is 3.22. The van der Waals surface area contributed by atoms with E-state index in [1.807, 2.05) is 12.1 Å². The molecule has 116 valence electrons. The molecule has 2 nitrogen and oxygen atoms in total. The van der Waals surface area contributed by atoms with Crippen LogP contribution in [-0.2, 0) is 0 Å². The Labute approximate surface area is 132 Å². The van der Waals surface area contributed by atoms with Crippen molar-refractivity contribution < 1.29 is 4.39 Å². The number of benzene rings is 2. The highest BCUT2D eigenvalue weighted by molar-refractivity contribution is 5.53. The maximum absolute atomic E-state index is 13.0. The third-order valence-electron chi connectivity index (χ3n) is 4.67. The van der Waals surface area contributed by atoms with Crippen LogP contribution in [-0.4, -0.2) is 31.1 Å². The van der Waals surface area contributed by atoms with E-state index in [4.69, 9.17) is 0 Å². The Balaban J connectivity index is 1.64. The summed E-state index contributed by atoms with van der Waals surface area (Å²) >= 11 is 0. The molecule has 0 aliphatic carbocycles. The van der Waals surface area contributed by atoms with Crippen molar-refractivity contribution in [1.29, 1.82) is 0 Å². The van der Waals surface area contributed by atoms with Gasteiger partial charge in [0, 0.05) is 37.9 Å². The minimum absolute atomic E-state index is 0.166. The fraction of sp³-hybridized carbons (Fsp3) is 0.368. The number of hydrogen-bond donors (Lipinski definition) is 0. The van der Waals surface area contributed by atoms with Crippen molar-refractivity contribution in [2.45, 2.75) is 19.9 Å². The predicted molar refractivity (Wildman–Crippen MR) is 89.8 cm³/mol. The molecule has 0 spiro atoms. The SMILES string of the molecule is Cc1ccccc1N1CCN(C(C)c2ccc(F)cc2)CC1. The Kier molecular flexibility index (Phi) is 4.44. The lowest BCUT2D eigenvalue weighted by atomic mass is 10.1. The zero-order valence-corrected chi connectivity index (χ0v) is 13.3. The van der Waals surface area contributed by atoms with E-state index in [-0.39, 0.29) is 5.82 Å². The summed E-state index contributed by atoms with van der Waals surface area (Å²) in [5.74, 6) is -0.166. The first-order valence-corrected chi connectivity index (χ1v) is 7.95. The van der Waals surface area contributed by atoms with Crippen molar-refractivity contribution in [2.75, 3.05) is 31.1 Å². The molecule has 3 rings (SSSR count). The third-order valence-corrected chi connectivity index (χ3v) is 4.67. The molecule has 0 aromatic heterocycles. The highest BCUT2D eigenvalue weighted by atomic mass is 19.1. The minimum atomic E-state index is -0.166. The zero-order chi connectivity index (χ0) is 15.5. The van der Waals surface area contributed by atoms with Gasteiger partial charge in [0.25, 0.3) is 0 Å². The molecule has 22 heavy (non-hydrogen) atoms. The van der Waals surface area contributed by atoms with Gasteiger partial charge < -0.3 is 4.90 Å². The number of rotatable bonds is 3. The molecule has 0 bridgehead atoms. The van der Waals surface area contributed by atoms with Crippen molar-refractivity contribution in [2.24, 2.45) is 0 Å². The molecule has 1 aliphatic heterocycles. The van der Waals surface area contributed by atoms with Crippen molar-refractivity contribution in [1.82, 2.24) is 4.90 Å². The fourth-order valence-electron chi connectivity index (χ4n) is 3.22. The summed E-state index contributed by atoms with van der Waals surface area (Å²) in [5.41, 5.74) is 3.87. The van der Waals surface area contributed by atoms with E-state index in [2.05, 4.69) is 47.9 Å². The summed E-state index contributed by atoms with van der Waals surface area (Å²) in [6, 6.07) is 15.8. The van der Waals surface area contributed by atoms with Gasteiger partial charge in [-0.15, -0.1) is 0 Å². The van der Waals surface area contributed by atoms with Gasteiger partial charge in [0.15, 0.2) is 0 Å². The number of hydrogen-bond acceptors (Lipinski definition) is 2. The Bertz CT molecular complexity index is 616. The molecule has 2 aromatic rings. The maximum atomic E-state index is 13.0. The molecule has 0 amide bonds. The lowest BCUT2D eigenvalue weighted by molar-refractivity contribution is 0.198. The Morgan fingerprint density at radius 1 is 0.909 bits per heavy atom. The quantitative estimate of drug-likeness (QED) is 0.844. The molecule has 3 heteroatoms. The average Bonchev–Trinajstić information content (AvgIpc) is 2.56. The molecule has 1 aliphatic rings. The molecule has 1 saturated heterocycles. The monoisotopic (exact) mass is 298 g/mol. The van der Waals surface area contributed by atoms with Gasteiger partial charge in [-0.25, -0.2) is 4.39 Å². The van der Waals surface area contributed by atoms with E-state index in [1.54, 1.807) is 12.1 Å². The Hall–Kier alpha value is -1.87. The first kappa shape index (κ1) is 15.0. The van der Waals surface area contributed by atoms with E-state index in [0.717, 1.165) is 26.2 Å². The van der Waals surface area contributed by atoms with Gasteiger partial charge in [0.2, 0.25) is 0 Å². The van der Waals surface area contributed by atoms with Crippen molar-refractivity contribution >= 4 is 5.69 Å². The number of nitrogens with zero attached hydrogens (tertiary/aromatic N) is 2. The van der Waals surface area contributed by atoms with Gasteiger partial charge in [-0.2, -0.15) is 0 Å². The van der Waals surface area contributed by atoms with Crippen molar-refractivity contribution in [3.05, 3.63) is 65.5 Å². The highest BCUT2D eigenvalue weighted by Gasteiger charge is 2.22. The number of halogens is 1. The number of aryl methyl sites for hydroxylation is 1. The van der Waals surface area contributed by atoms with Gasteiger partial charge in [-0.3, -0.25) is 4.90 Å².